The van der Waals surface area contributed by atoms with Gasteiger partial charge in [-0.15, -0.1) is 0 Å². The minimum absolute atomic E-state index is 0.286. The molecule has 0 spiro atoms. The summed E-state index contributed by atoms with van der Waals surface area (Å²) >= 11 is 0. The lowest BCUT2D eigenvalue weighted by atomic mass is 9.93. The van der Waals surface area contributed by atoms with Crippen LogP contribution in [0.1, 0.15) is 11.1 Å². The molecule has 3 aromatic carbocycles. The second-order valence-corrected chi connectivity index (χ2v) is 5.77. The lowest BCUT2D eigenvalue weighted by Gasteiger charge is -2.12. The standard InChI is InChI=1S/C22H16O2/c23-22-21(17-11-5-2-6-12-17)19(15-16-9-3-1-4-10-16)18-13-7-8-14-20(18)24-22/h1-14H,15H2. The lowest BCUT2D eigenvalue weighted by molar-refractivity contribution is 0.562. The highest BCUT2D eigenvalue weighted by Crippen LogP contribution is 2.29. The topological polar surface area (TPSA) is 30.2 Å². The van der Waals surface area contributed by atoms with E-state index in [1.807, 2.05) is 72.8 Å². The molecule has 1 heterocycles. The fraction of sp³-hybridized carbons (Fsp3) is 0.0455. The zero-order valence-electron chi connectivity index (χ0n) is 13.1. The van der Waals surface area contributed by atoms with Crippen LogP contribution < -0.4 is 5.63 Å². The smallest absolute Gasteiger partial charge is 0.344 e. The molecule has 0 saturated carbocycles. The lowest BCUT2D eigenvalue weighted by Crippen LogP contribution is -2.08. The minimum atomic E-state index is -0.286. The fourth-order valence-electron chi connectivity index (χ4n) is 3.09. The molecule has 0 N–H and O–H groups in total. The first-order valence-corrected chi connectivity index (χ1v) is 7.97. The van der Waals surface area contributed by atoms with Gasteiger partial charge in [-0.25, -0.2) is 4.79 Å². The molecule has 2 nitrogen and oxygen atoms in total. The van der Waals surface area contributed by atoms with Gasteiger partial charge in [-0.05, 0) is 29.2 Å². The average Bonchev–Trinajstić information content (AvgIpc) is 2.63. The SMILES string of the molecule is O=c1oc2ccccc2c(Cc2ccccc2)c1-c1ccccc1. The number of benzene rings is 3. The number of para-hydroxylation sites is 1. The Bertz CT molecular complexity index is 1030. The van der Waals surface area contributed by atoms with Crippen LogP contribution in [-0.4, -0.2) is 0 Å². The Kier molecular flexibility index (Phi) is 3.72. The molecule has 0 bridgehead atoms. The molecule has 24 heavy (non-hydrogen) atoms. The van der Waals surface area contributed by atoms with Crippen LogP contribution in [0.3, 0.4) is 0 Å². The van der Waals surface area contributed by atoms with Gasteiger partial charge in [0.15, 0.2) is 0 Å². The number of hydrogen-bond donors (Lipinski definition) is 0. The number of rotatable bonds is 3. The van der Waals surface area contributed by atoms with E-state index in [0.29, 0.717) is 17.6 Å². The summed E-state index contributed by atoms with van der Waals surface area (Å²) in [5, 5.41) is 0.986. The van der Waals surface area contributed by atoms with Crippen LogP contribution in [0.5, 0.6) is 0 Å². The molecule has 0 amide bonds. The largest absolute Gasteiger partial charge is 0.422 e. The van der Waals surface area contributed by atoms with E-state index in [0.717, 1.165) is 16.5 Å². The molecule has 0 radical (unpaired) electrons. The van der Waals surface area contributed by atoms with Gasteiger partial charge in [0, 0.05) is 5.39 Å². The predicted molar refractivity (Wildman–Crippen MR) is 97.2 cm³/mol. The van der Waals surface area contributed by atoms with Crippen molar-refractivity contribution in [3.05, 3.63) is 106 Å². The van der Waals surface area contributed by atoms with E-state index >= 15 is 0 Å². The summed E-state index contributed by atoms with van der Waals surface area (Å²) in [7, 11) is 0. The maximum absolute atomic E-state index is 12.7. The van der Waals surface area contributed by atoms with Crippen molar-refractivity contribution in [2.45, 2.75) is 6.42 Å². The van der Waals surface area contributed by atoms with Crippen LogP contribution in [0.4, 0.5) is 0 Å². The van der Waals surface area contributed by atoms with E-state index in [-0.39, 0.29) is 5.63 Å². The summed E-state index contributed by atoms with van der Waals surface area (Å²) < 4.78 is 5.57. The first-order valence-electron chi connectivity index (χ1n) is 7.97. The molecule has 0 fully saturated rings. The van der Waals surface area contributed by atoms with Crippen LogP contribution in [-0.2, 0) is 6.42 Å². The summed E-state index contributed by atoms with van der Waals surface area (Å²) in [5.74, 6) is 0. The molecule has 0 saturated heterocycles. The maximum Gasteiger partial charge on any atom is 0.344 e. The van der Waals surface area contributed by atoms with Gasteiger partial charge in [-0.2, -0.15) is 0 Å². The van der Waals surface area contributed by atoms with Crippen LogP contribution in [0.2, 0.25) is 0 Å². The third-order valence-electron chi connectivity index (χ3n) is 4.21. The van der Waals surface area contributed by atoms with Gasteiger partial charge in [0.1, 0.15) is 5.58 Å². The molecule has 0 aliphatic heterocycles. The minimum Gasteiger partial charge on any atom is -0.422 e. The van der Waals surface area contributed by atoms with Gasteiger partial charge in [0.2, 0.25) is 0 Å². The van der Waals surface area contributed by atoms with Gasteiger partial charge < -0.3 is 4.42 Å². The molecule has 4 aromatic rings. The van der Waals surface area contributed by atoms with Gasteiger partial charge in [-0.3, -0.25) is 0 Å². The second-order valence-electron chi connectivity index (χ2n) is 5.77. The quantitative estimate of drug-likeness (QED) is 0.495. The Morgan fingerprint density at radius 2 is 1.33 bits per heavy atom. The zero-order valence-corrected chi connectivity index (χ0v) is 13.1. The Morgan fingerprint density at radius 1 is 0.708 bits per heavy atom. The van der Waals surface area contributed by atoms with Gasteiger partial charge in [-0.1, -0.05) is 78.9 Å². The third-order valence-corrected chi connectivity index (χ3v) is 4.21. The van der Waals surface area contributed by atoms with Crippen molar-refractivity contribution in [2.75, 3.05) is 0 Å². The molecule has 0 aliphatic carbocycles. The Balaban J connectivity index is 2.02. The van der Waals surface area contributed by atoms with Gasteiger partial charge >= 0.3 is 5.63 Å². The molecule has 0 atom stereocenters. The van der Waals surface area contributed by atoms with E-state index in [1.54, 1.807) is 0 Å². The van der Waals surface area contributed by atoms with Gasteiger partial charge in [0.25, 0.3) is 0 Å². The second kappa shape index (κ2) is 6.17. The highest BCUT2D eigenvalue weighted by Gasteiger charge is 2.16. The molecular weight excluding hydrogens is 296 g/mol. The highest BCUT2D eigenvalue weighted by molar-refractivity contribution is 5.87. The summed E-state index contributed by atoms with van der Waals surface area (Å²) in [4.78, 5) is 12.7. The van der Waals surface area contributed by atoms with E-state index in [4.69, 9.17) is 4.42 Å². The molecule has 0 unspecified atom stereocenters. The van der Waals surface area contributed by atoms with Gasteiger partial charge in [0.05, 0.1) is 5.56 Å². The first-order chi connectivity index (χ1) is 11.8. The molecule has 0 aliphatic rings. The van der Waals surface area contributed by atoms with Crippen LogP contribution in [0.15, 0.2) is 94.1 Å². The molecule has 116 valence electrons. The maximum atomic E-state index is 12.7. The van der Waals surface area contributed by atoms with Crippen molar-refractivity contribution in [1.29, 1.82) is 0 Å². The van der Waals surface area contributed by atoms with Crippen LogP contribution in [0, 0.1) is 0 Å². The van der Waals surface area contributed by atoms with Crippen molar-refractivity contribution >= 4 is 11.0 Å². The number of hydrogen-bond acceptors (Lipinski definition) is 2. The van der Waals surface area contributed by atoms with Crippen molar-refractivity contribution in [1.82, 2.24) is 0 Å². The third kappa shape index (κ3) is 2.63. The normalized spacial score (nSPS) is 10.8. The van der Waals surface area contributed by atoms with Crippen molar-refractivity contribution < 1.29 is 4.42 Å². The van der Waals surface area contributed by atoms with Crippen molar-refractivity contribution in [3.63, 3.8) is 0 Å². The monoisotopic (exact) mass is 312 g/mol. The zero-order chi connectivity index (χ0) is 16.4. The summed E-state index contributed by atoms with van der Waals surface area (Å²) in [6, 6.07) is 27.7. The van der Waals surface area contributed by atoms with E-state index in [2.05, 4.69) is 12.1 Å². The fourth-order valence-corrected chi connectivity index (χ4v) is 3.09. The summed E-state index contributed by atoms with van der Waals surface area (Å²) in [6.45, 7) is 0. The van der Waals surface area contributed by atoms with E-state index < -0.39 is 0 Å². The molecule has 4 rings (SSSR count). The Hall–Kier alpha value is -3.13. The van der Waals surface area contributed by atoms with Crippen molar-refractivity contribution in [2.24, 2.45) is 0 Å². The molecule has 2 heteroatoms. The summed E-state index contributed by atoms with van der Waals surface area (Å²) in [6.07, 6.45) is 0.692. The predicted octanol–water partition coefficient (Wildman–Crippen LogP) is 5.05. The average molecular weight is 312 g/mol. The Labute approximate surface area is 140 Å². The number of fused-ring (bicyclic) bond motifs is 1. The summed E-state index contributed by atoms with van der Waals surface area (Å²) in [5.41, 5.74) is 4.07. The van der Waals surface area contributed by atoms with Crippen LogP contribution >= 0.6 is 0 Å². The van der Waals surface area contributed by atoms with Crippen LogP contribution in [0.25, 0.3) is 22.1 Å². The van der Waals surface area contributed by atoms with Crippen molar-refractivity contribution in [3.8, 4) is 11.1 Å². The molecule has 1 aromatic heterocycles. The van der Waals surface area contributed by atoms with E-state index in [1.165, 1.54) is 5.56 Å². The highest BCUT2D eigenvalue weighted by atomic mass is 16.4. The Morgan fingerprint density at radius 3 is 2.08 bits per heavy atom. The molecular formula is C22H16O2. The first kappa shape index (κ1) is 14.5. The van der Waals surface area contributed by atoms with E-state index in [9.17, 15) is 4.79 Å².